The lowest BCUT2D eigenvalue weighted by Gasteiger charge is -2.35. The Morgan fingerprint density at radius 2 is 1.41 bits per heavy atom. The molecule has 9 rings (SSSR count). The molecule has 2 N–H and O–H groups in total. The van der Waals surface area contributed by atoms with Crippen LogP contribution in [0.4, 0.5) is 0 Å². The van der Waals surface area contributed by atoms with E-state index in [1.54, 1.807) is 0 Å². The van der Waals surface area contributed by atoms with E-state index in [0.29, 0.717) is 0 Å². The van der Waals surface area contributed by atoms with Gasteiger partial charge < -0.3 is 9.97 Å². The number of rotatable bonds is 0. The number of para-hydroxylation sites is 1. The SMILES string of the molecule is C=C1/C=C\C=C/Cc2c(ccc3c2[nH]c2ccc(Br)cc23)C12c1ccccc1-c1c2ccc2c1[nH]c1ccccc12. The van der Waals surface area contributed by atoms with Gasteiger partial charge >= 0.3 is 0 Å². The van der Waals surface area contributed by atoms with Crippen LogP contribution in [0.2, 0.25) is 0 Å². The van der Waals surface area contributed by atoms with Crippen molar-refractivity contribution in [2.45, 2.75) is 11.8 Å². The van der Waals surface area contributed by atoms with E-state index in [0.717, 1.165) is 27.5 Å². The Morgan fingerprint density at radius 3 is 2.34 bits per heavy atom. The minimum atomic E-state index is -0.526. The molecule has 1 unspecified atom stereocenters. The highest BCUT2D eigenvalue weighted by atomic mass is 79.9. The monoisotopic (exact) mass is 588 g/mol. The average Bonchev–Trinajstić information content (AvgIpc) is 3.66. The van der Waals surface area contributed by atoms with Crippen molar-refractivity contribution in [3.05, 3.63) is 154 Å². The fraction of sp³-hybridized carbons (Fsp3) is 0.0526. The lowest BCUT2D eigenvalue weighted by Crippen LogP contribution is -2.30. The molecule has 0 bridgehead atoms. The Bertz CT molecular complexity index is 2330. The number of aromatic amines is 2. The summed E-state index contributed by atoms with van der Waals surface area (Å²) in [7, 11) is 0. The molecule has 2 aromatic heterocycles. The van der Waals surface area contributed by atoms with E-state index in [2.05, 4.69) is 141 Å². The second-order valence-electron chi connectivity index (χ2n) is 11.2. The van der Waals surface area contributed by atoms with Gasteiger partial charge in [-0.3, -0.25) is 0 Å². The van der Waals surface area contributed by atoms with Crippen LogP contribution >= 0.6 is 15.9 Å². The van der Waals surface area contributed by atoms with Gasteiger partial charge in [0, 0.05) is 42.6 Å². The van der Waals surface area contributed by atoms with E-state index in [-0.39, 0.29) is 0 Å². The first-order chi connectivity index (χ1) is 20.2. The summed E-state index contributed by atoms with van der Waals surface area (Å²) in [5, 5.41) is 5.00. The summed E-state index contributed by atoms with van der Waals surface area (Å²) in [6.45, 7) is 4.80. The zero-order valence-electron chi connectivity index (χ0n) is 22.3. The van der Waals surface area contributed by atoms with E-state index in [9.17, 15) is 0 Å². The van der Waals surface area contributed by atoms with Crippen molar-refractivity contribution in [1.29, 1.82) is 0 Å². The van der Waals surface area contributed by atoms with Gasteiger partial charge in [-0.15, -0.1) is 0 Å². The molecule has 2 nitrogen and oxygen atoms in total. The highest BCUT2D eigenvalue weighted by Crippen LogP contribution is 2.59. The zero-order valence-corrected chi connectivity index (χ0v) is 23.8. The van der Waals surface area contributed by atoms with Crippen molar-refractivity contribution in [2.75, 3.05) is 0 Å². The Morgan fingerprint density at radius 1 is 0.659 bits per heavy atom. The first-order valence-electron chi connectivity index (χ1n) is 14.1. The zero-order chi connectivity index (χ0) is 27.3. The molecule has 1 atom stereocenters. The van der Waals surface area contributed by atoms with Crippen LogP contribution in [0.1, 0.15) is 22.3 Å². The van der Waals surface area contributed by atoms with Crippen LogP contribution in [0.3, 0.4) is 0 Å². The van der Waals surface area contributed by atoms with Crippen molar-refractivity contribution >= 4 is 59.5 Å². The molecule has 0 fully saturated rings. The Hall–Kier alpha value is -4.60. The van der Waals surface area contributed by atoms with Crippen LogP contribution in [-0.2, 0) is 11.8 Å². The minimum absolute atomic E-state index is 0.526. The number of nitrogens with one attached hydrogen (secondary N) is 2. The predicted molar refractivity (Wildman–Crippen MR) is 176 cm³/mol. The summed E-state index contributed by atoms with van der Waals surface area (Å²) in [6, 6.07) is 33.4. The third-order valence-corrected chi connectivity index (χ3v) is 9.78. The highest BCUT2D eigenvalue weighted by Gasteiger charge is 2.48. The molecule has 1 spiro atoms. The standard InChI is InChI=1S/C38H25BrN2/c1-22-9-3-2-4-12-28-31(18-16-26-29-21-23(39)15-20-34(29)40-36(26)28)38(22)30-13-7-5-11-27(30)35-32(38)19-17-25-24-10-6-8-14-33(24)41-37(25)35/h2-11,13-21,40-41H,1,12H2/b4-2-,9-3-. The van der Waals surface area contributed by atoms with Crippen molar-refractivity contribution < 1.29 is 0 Å². The van der Waals surface area contributed by atoms with Gasteiger partial charge in [0.15, 0.2) is 0 Å². The number of hydrogen-bond acceptors (Lipinski definition) is 0. The van der Waals surface area contributed by atoms with E-state index >= 15 is 0 Å². The third-order valence-electron chi connectivity index (χ3n) is 9.28. The number of fused-ring (bicyclic) bond motifs is 15. The van der Waals surface area contributed by atoms with E-state index in [1.807, 2.05) is 0 Å². The Kier molecular flexibility index (Phi) is 4.64. The van der Waals surface area contributed by atoms with Crippen LogP contribution in [0.15, 0.2) is 132 Å². The van der Waals surface area contributed by atoms with Gasteiger partial charge in [-0.2, -0.15) is 0 Å². The smallest absolute Gasteiger partial charge is 0.0712 e. The fourth-order valence-corrected chi connectivity index (χ4v) is 7.98. The molecule has 41 heavy (non-hydrogen) atoms. The Labute approximate surface area is 245 Å². The summed E-state index contributed by atoms with van der Waals surface area (Å²) in [5.41, 5.74) is 13.0. The molecule has 2 heterocycles. The summed E-state index contributed by atoms with van der Waals surface area (Å²) in [5.74, 6) is 0. The van der Waals surface area contributed by atoms with Gasteiger partial charge in [-0.1, -0.05) is 114 Å². The number of allylic oxidation sites excluding steroid dienone is 5. The highest BCUT2D eigenvalue weighted by molar-refractivity contribution is 9.10. The molecule has 0 saturated heterocycles. The van der Waals surface area contributed by atoms with Crippen LogP contribution in [0, 0.1) is 0 Å². The lowest BCUT2D eigenvalue weighted by atomic mass is 9.66. The number of benzene rings is 5. The van der Waals surface area contributed by atoms with E-state index in [4.69, 9.17) is 6.58 Å². The first-order valence-corrected chi connectivity index (χ1v) is 14.9. The van der Waals surface area contributed by atoms with E-state index in [1.165, 1.54) is 66.0 Å². The maximum atomic E-state index is 4.80. The van der Waals surface area contributed by atoms with E-state index < -0.39 is 5.41 Å². The molecule has 3 heteroatoms. The van der Waals surface area contributed by atoms with Crippen LogP contribution in [0.25, 0.3) is 54.7 Å². The van der Waals surface area contributed by atoms with Gasteiger partial charge in [-0.05, 0) is 64.1 Å². The molecule has 0 amide bonds. The molecular formula is C38H25BrN2. The maximum absolute atomic E-state index is 4.80. The minimum Gasteiger partial charge on any atom is -0.354 e. The van der Waals surface area contributed by atoms with Gasteiger partial charge in [0.2, 0.25) is 0 Å². The third kappa shape index (κ3) is 2.91. The lowest BCUT2D eigenvalue weighted by molar-refractivity contribution is 0.762. The summed E-state index contributed by atoms with van der Waals surface area (Å²) in [4.78, 5) is 7.61. The topological polar surface area (TPSA) is 31.6 Å². The summed E-state index contributed by atoms with van der Waals surface area (Å²) in [6.07, 6.45) is 9.61. The fourth-order valence-electron chi connectivity index (χ4n) is 7.62. The van der Waals surface area contributed by atoms with Gasteiger partial charge in [0.05, 0.1) is 16.4 Å². The van der Waals surface area contributed by atoms with Gasteiger partial charge in [0.25, 0.3) is 0 Å². The summed E-state index contributed by atoms with van der Waals surface area (Å²) >= 11 is 3.69. The Balaban J connectivity index is 1.47. The van der Waals surface area contributed by atoms with Gasteiger partial charge in [0.1, 0.15) is 0 Å². The van der Waals surface area contributed by atoms with Crippen LogP contribution in [-0.4, -0.2) is 9.97 Å². The van der Waals surface area contributed by atoms with Crippen LogP contribution in [0.5, 0.6) is 0 Å². The number of H-pyrrole nitrogens is 2. The first kappa shape index (κ1) is 23.1. The number of aromatic nitrogens is 2. The predicted octanol–water partition coefficient (Wildman–Crippen LogP) is 10.3. The average molecular weight is 590 g/mol. The molecular weight excluding hydrogens is 564 g/mol. The molecule has 7 aromatic rings. The normalized spacial score (nSPS) is 19.3. The van der Waals surface area contributed by atoms with Crippen molar-refractivity contribution in [2.24, 2.45) is 0 Å². The second-order valence-corrected chi connectivity index (χ2v) is 12.1. The number of halogens is 1. The quantitative estimate of drug-likeness (QED) is 0.176. The van der Waals surface area contributed by atoms with Crippen LogP contribution < -0.4 is 0 Å². The molecule has 0 aliphatic heterocycles. The van der Waals surface area contributed by atoms with Crippen molar-refractivity contribution in [1.82, 2.24) is 9.97 Å². The second kappa shape index (κ2) is 8.22. The van der Waals surface area contributed by atoms with Crippen molar-refractivity contribution in [3.63, 3.8) is 0 Å². The molecule has 2 aliphatic carbocycles. The van der Waals surface area contributed by atoms with Gasteiger partial charge in [-0.25, -0.2) is 0 Å². The molecule has 0 saturated carbocycles. The number of hydrogen-bond donors (Lipinski definition) is 2. The summed E-state index contributed by atoms with van der Waals surface area (Å²) < 4.78 is 1.09. The van der Waals surface area contributed by atoms with Crippen molar-refractivity contribution in [3.8, 4) is 11.1 Å². The molecule has 0 radical (unpaired) electrons. The largest absolute Gasteiger partial charge is 0.354 e. The molecule has 2 aliphatic rings. The maximum Gasteiger partial charge on any atom is 0.0712 e. The molecule has 5 aromatic carbocycles. The molecule has 194 valence electrons.